The maximum Gasteiger partial charge on any atom is 0.339 e. The van der Waals surface area contributed by atoms with E-state index in [9.17, 15) is 14.3 Å². The predicted octanol–water partition coefficient (Wildman–Crippen LogP) is 2.08. The number of hydrogen-bond donors (Lipinski definition) is 1. The fourth-order valence-electron chi connectivity index (χ4n) is 1.09. The summed E-state index contributed by atoms with van der Waals surface area (Å²) < 4.78 is 17.5. The first-order chi connectivity index (χ1) is 7.04. The molecule has 0 bridgehead atoms. The summed E-state index contributed by atoms with van der Waals surface area (Å²) in [4.78, 5) is 11.1. The van der Waals surface area contributed by atoms with Gasteiger partial charge in [0.15, 0.2) is 6.10 Å². The number of benzene rings is 1. The topological polar surface area (TPSA) is 46.5 Å². The largest absolute Gasteiger partial charge is 0.464 e. The maximum atomic E-state index is 12.9. The Labute approximate surface area is 91.4 Å². The summed E-state index contributed by atoms with van der Waals surface area (Å²) in [6.45, 7) is 1.77. The zero-order valence-electron chi connectivity index (χ0n) is 8.04. The number of carbonyl (C=O) groups is 1. The molecule has 0 aliphatic carbocycles. The summed E-state index contributed by atoms with van der Waals surface area (Å²) in [5.74, 6) is -1.43. The van der Waals surface area contributed by atoms with Gasteiger partial charge in [0.2, 0.25) is 0 Å². The van der Waals surface area contributed by atoms with E-state index in [-0.39, 0.29) is 17.2 Å². The fourth-order valence-corrected chi connectivity index (χ4v) is 1.32. The Morgan fingerprint density at radius 3 is 2.80 bits per heavy atom. The summed E-state index contributed by atoms with van der Waals surface area (Å²) in [5, 5.41) is 9.59. The SMILES string of the molecule is CCOC(=O)C(O)c1cc(F)cc(Cl)c1. The molecule has 3 nitrogen and oxygen atoms in total. The number of hydrogen-bond acceptors (Lipinski definition) is 3. The second kappa shape index (κ2) is 5.09. The second-order valence-electron chi connectivity index (χ2n) is 2.86. The molecular weight excluding hydrogens is 223 g/mol. The Kier molecular flexibility index (Phi) is 4.05. The number of aliphatic hydroxyl groups excluding tert-OH is 1. The minimum absolute atomic E-state index is 0.0819. The fraction of sp³-hybridized carbons (Fsp3) is 0.300. The van der Waals surface area contributed by atoms with Crippen LogP contribution < -0.4 is 0 Å². The monoisotopic (exact) mass is 232 g/mol. The van der Waals surface area contributed by atoms with Gasteiger partial charge in [-0.3, -0.25) is 0 Å². The van der Waals surface area contributed by atoms with Crippen LogP contribution in [0.25, 0.3) is 0 Å². The van der Waals surface area contributed by atoms with Crippen LogP contribution in [0, 0.1) is 5.82 Å². The highest BCUT2D eigenvalue weighted by atomic mass is 35.5. The summed E-state index contributed by atoms with van der Waals surface area (Å²) >= 11 is 5.57. The van der Waals surface area contributed by atoms with Crippen LogP contribution >= 0.6 is 11.6 Å². The second-order valence-corrected chi connectivity index (χ2v) is 3.29. The molecule has 0 fully saturated rings. The molecule has 0 aromatic heterocycles. The van der Waals surface area contributed by atoms with Gasteiger partial charge in [0.05, 0.1) is 6.61 Å². The summed E-state index contributed by atoms with van der Waals surface area (Å²) in [7, 11) is 0. The van der Waals surface area contributed by atoms with Crippen LogP contribution in [0.1, 0.15) is 18.6 Å². The Bertz CT molecular complexity index is 347. The van der Waals surface area contributed by atoms with Gasteiger partial charge in [0, 0.05) is 5.02 Å². The van der Waals surface area contributed by atoms with Crippen molar-refractivity contribution in [3.05, 3.63) is 34.6 Å². The van der Waals surface area contributed by atoms with Gasteiger partial charge >= 0.3 is 5.97 Å². The lowest BCUT2D eigenvalue weighted by atomic mass is 10.1. The lowest BCUT2D eigenvalue weighted by Crippen LogP contribution is -2.15. The van der Waals surface area contributed by atoms with E-state index in [0.717, 1.165) is 12.1 Å². The van der Waals surface area contributed by atoms with Gasteiger partial charge in [-0.05, 0) is 30.7 Å². The lowest BCUT2D eigenvalue weighted by molar-refractivity contribution is -0.153. The maximum absolute atomic E-state index is 12.9. The summed E-state index contributed by atoms with van der Waals surface area (Å²) in [5.41, 5.74) is 0.0819. The van der Waals surface area contributed by atoms with Crippen molar-refractivity contribution in [3.63, 3.8) is 0 Å². The molecular formula is C10H10ClFO3. The average molecular weight is 233 g/mol. The highest BCUT2D eigenvalue weighted by Crippen LogP contribution is 2.20. The van der Waals surface area contributed by atoms with Gasteiger partial charge in [-0.2, -0.15) is 0 Å². The molecule has 0 saturated heterocycles. The van der Waals surface area contributed by atoms with Crippen LogP contribution in [-0.2, 0) is 9.53 Å². The molecule has 0 aliphatic rings. The van der Waals surface area contributed by atoms with Gasteiger partial charge in [0.1, 0.15) is 5.82 Å². The molecule has 0 spiro atoms. The third-order valence-electron chi connectivity index (χ3n) is 1.71. The minimum atomic E-state index is -1.50. The Balaban J connectivity index is 2.90. The normalized spacial score (nSPS) is 12.3. The summed E-state index contributed by atoms with van der Waals surface area (Å²) in [6, 6.07) is 3.43. The molecule has 5 heteroatoms. The first-order valence-corrected chi connectivity index (χ1v) is 4.73. The van der Waals surface area contributed by atoms with Crippen LogP contribution in [0.4, 0.5) is 4.39 Å². The molecule has 1 aromatic carbocycles. The molecule has 1 N–H and O–H groups in total. The first kappa shape index (κ1) is 11.9. The molecule has 0 amide bonds. The zero-order valence-corrected chi connectivity index (χ0v) is 8.79. The van der Waals surface area contributed by atoms with Gasteiger partial charge in [-0.1, -0.05) is 11.6 Å². The number of carbonyl (C=O) groups excluding carboxylic acids is 1. The van der Waals surface area contributed by atoms with Gasteiger partial charge in [-0.25, -0.2) is 9.18 Å². The van der Waals surface area contributed by atoms with E-state index in [0.29, 0.717) is 0 Å². The van der Waals surface area contributed by atoms with E-state index in [2.05, 4.69) is 4.74 Å². The van der Waals surface area contributed by atoms with Gasteiger partial charge in [0.25, 0.3) is 0 Å². The smallest absolute Gasteiger partial charge is 0.339 e. The van der Waals surface area contributed by atoms with Crippen LogP contribution in [0.15, 0.2) is 18.2 Å². The van der Waals surface area contributed by atoms with Crippen LogP contribution in [0.5, 0.6) is 0 Å². The molecule has 15 heavy (non-hydrogen) atoms. The first-order valence-electron chi connectivity index (χ1n) is 4.35. The number of rotatable bonds is 3. The van der Waals surface area contributed by atoms with Crippen molar-refractivity contribution in [3.8, 4) is 0 Å². The highest BCUT2D eigenvalue weighted by molar-refractivity contribution is 6.30. The summed E-state index contributed by atoms with van der Waals surface area (Å²) in [6.07, 6.45) is -1.50. The van der Waals surface area contributed by atoms with Crippen LogP contribution in [-0.4, -0.2) is 17.7 Å². The Hall–Kier alpha value is -1.13. The van der Waals surface area contributed by atoms with Crippen molar-refractivity contribution in [2.75, 3.05) is 6.61 Å². The predicted molar refractivity (Wildman–Crippen MR) is 53.0 cm³/mol. The number of ether oxygens (including phenoxy) is 1. The van der Waals surface area contributed by atoms with E-state index < -0.39 is 17.9 Å². The molecule has 1 aromatic rings. The third-order valence-corrected chi connectivity index (χ3v) is 1.93. The highest BCUT2D eigenvalue weighted by Gasteiger charge is 2.19. The van der Waals surface area contributed by atoms with E-state index in [4.69, 9.17) is 11.6 Å². The lowest BCUT2D eigenvalue weighted by Gasteiger charge is -2.10. The molecule has 1 rings (SSSR count). The van der Waals surface area contributed by atoms with E-state index in [1.165, 1.54) is 6.07 Å². The van der Waals surface area contributed by atoms with Crippen LogP contribution in [0.2, 0.25) is 5.02 Å². The molecule has 0 saturated carbocycles. The minimum Gasteiger partial charge on any atom is -0.464 e. The van der Waals surface area contributed by atoms with E-state index in [1.807, 2.05) is 0 Å². The van der Waals surface area contributed by atoms with Crippen molar-refractivity contribution in [1.29, 1.82) is 0 Å². The van der Waals surface area contributed by atoms with Crippen molar-refractivity contribution >= 4 is 17.6 Å². The standard InChI is InChI=1S/C10H10ClFO3/c1-2-15-10(14)9(13)6-3-7(11)5-8(12)4-6/h3-5,9,13H,2H2,1H3. The van der Waals surface area contributed by atoms with Crippen molar-refractivity contribution in [1.82, 2.24) is 0 Å². The molecule has 0 radical (unpaired) electrons. The van der Waals surface area contributed by atoms with E-state index >= 15 is 0 Å². The Morgan fingerprint density at radius 1 is 1.60 bits per heavy atom. The number of esters is 1. The Morgan fingerprint density at radius 2 is 2.27 bits per heavy atom. The molecule has 1 atom stereocenters. The van der Waals surface area contributed by atoms with Gasteiger partial charge < -0.3 is 9.84 Å². The molecule has 1 unspecified atom stereocenters. The van der Waals surface area contributed by atoms with Crippen LogP contribution in [0.3, 0.4) is 0 Å². The number of aliphatic hydroxyl groups is 1. The van der Waals surface area contributed by atoms with E-state index in [1.54, 1.807) is 6.92 Å². The molecule has 0 heterocycles. The van der Waals surface area contributed by atoms with Crippen molar-refractivity contribution < 1.29 is 19.0 Å². The molecule has 0 aliphatic heterocycles. The average Bonchev–Trinajstić information content (AvgIpc) is 2.15. The number of halogens is 2. The quantitative estimate of drug-likeness (QED) is 0.812. The molecule has 82 valence electrons. The van der Waals surface area contributed by atoms with Crippen molar-refractivity contribution in [2.45, 2.75) is 13.0 Å². The van der Waals surface area contributed by atoms with Crippen molar-refractivity contribution in [2.24, 2.45) is 0 Å². The third kappa shape index (κ3) is 3.18. The zero-order chi connectivity index (χ0) is 11.4. The van der Waals surface area contributed by atoms with Gasteiger partial charge in [-0.15, -0.1) is 0 Å².